The van der Waals surface area contributed by atoms with Crippen LogP contribution in [-0.4, -0.2) is 53.3 Å². The molecule has 5 nitrogen and oxygen atoms in total. The fourth-order valence-electron chi connectivity index (χ4n) is 2.95. The molecule has 2 fully saturated rings. The van der Waals surface area contributed by atoms with Gasteiger partial charge in [-0.25, -0.2) is 13.8 Å². The van der Waals surface area contributed by atoms with E-state index < -0.39 is 11.6 Å². The molecular formula is C16H18F2N4O. The van der Waals surface area contributed by atoms with Crippen molar-refractivity contribution < 1.29 is 13.5 Å². The molecule has 122 valence electrons. The lowest BCUT2D eigenvalue weighted by molar-refractivity contribution is -0.0241. The van der Waals surface area contributed by atoms with Gasteiger partial charge in [0.05, 0.1) is 29.9 Å². The van der Waals surface area contributed by atoms with Crippen LogP contribution in [-0.2, 0) is 4.74 Å². The summed E-state index contributed by atoms with van der Waals surface area (Å²) in [4.78, 5) is 10.9. The van der Waals surface area contributed by atoms with E-state index in [0.717, 1.165) is 37.9 Å². The van der Waals surface area contributed by atoms with E-state index in [9.17, 15) is 8.78 Å². The standard InChI is InChI=1S/C16H18F2N4O/c17-12-5-14-15(6-13(12)18)21-16(8-19-14)20-7-11-9-22(3-4-23-11)10-1-2-10/h5-6,8,10-11H,1-4,7,9H2,(H,20,21). The molecule has 1 saturated carbocycles. The van der Waals surface area contributed by atoms with Gasteiger partial charge in [-0.2, -0.15) is 0 Å². The number of morpholine rings is 1. The second kappa shape index (κ2) is 5.98. The third-order valence-corrected chi connectivity index (χ3v) is 4.33. The molecule has 2 aliphatic rings. The summed E-state index contributed by atoms with van der Waals surface area (Å²) in [5.41, 5.74) is 0.668. The Bertz CT molecular complexity index is 723. The number of anilines is 1. The predicted molar refractivity (Wildman–Crippen MR) is 82.3 cm³/mol. The summed E-state index contributed by atoms with van der Waals surface area (Å²) in [5.74, 6) is -1.29. The summed E-state index contributed by atoms with van der Waals surface area (Å²) in [5, 5.41) is 3.18. The topological polar surface area (TPSA) is 50.3 Å². The SMILES string of the molecule is Fc1cc2ncc(NCC3CN(C4CC4)CCO3)nc2cc1F. The van der Waals surface area contributed by atoms with Crippen molar-refractivity contribution in [3.63, 3.8) is 0 Å². The number of aromatic nitrogens is 2. The van der Waals surface area contributed by atoms with E-state index in [1.165, 1.54) is 19.0 Å². The lowest BCUT2D eigenvalue weighted by Gasteiger charge is -2.33. The zero-order chi connectivity index (χ0) is 15.8. The number of hydrogen-bond acceptors (Lipinski definition) is 5. The van der Waals surface area contributed by atoms with Gasteiger partial charge in [-0.3, -0.25) is 9.88 Å². The van der Waals surface area contributed by atoms with Crippen molar-refractivity contribution >= 4 is 16.9 Å². The molecule has 1 aliphatic carbocycles. The molecular weight excluding hydrogens is 302 g/mol. The van der Waals surface area contributed by atoms with E-state index in [-0.39, 0.29) is 6.10 Å². The number of nitrogens with zero attached hydrogens (tertiary/aromatic N) is 3. The van der Waals surface area contributed by atoms with Crippen LogP contribution in [0.4, 0.5) is 14.6 Å². The van der Waals surface area contributed by atoms with Gasteiger partial charge in [-0.1, -0.05) is 0 Å². The Labute approximate surface area is 132 Å². The number of halogens is 2. The first-order valence-electron chi connectivity index (χ1n) is 7.90. The normalized spacial score (nSPS) is 22.4. The Morgan fingerprint density at radius 3 is 2.78 bits per heavy atom. The second-order valence-corrected chi connectivity index (χ2v) is 6.11. The molecule has 1 atom stereocenters. The van der Waals surface area contributed by atoms with Gasteiger partial charge in [0.1, 0.15) is 5.82 Å². The first-order valence-corrected chi connectivity index (χ1v) is 7.90. The second-order valence-electron chi connectivity index (χ2n) is 6.11. The number of fused-ring (bicyclic) bond motifs is 1. The Morgan fingerprint density at radius 1 is 1.22 bits per heavy atom. The van der Waals surface area contributed by atoms with Crippen LogP contribution in [0.15, 0.2) is 18.3 Å². The average molecular weight is 320 g/mol. The Balaban J connectivity index is 1.42. The fraction of sp³-hybridized carbons (Fsp3) is 0.500. The Hall–Kier alpha value is -1.86. The molecule has 2 heterocycles. The molecule has 1 unspecified atom stereocenters. The van der Waals surface area contributed by atoms with E-state index in [2.05, 4.69) is 20.2 Å². The van der Waals surface area contributed by atoms with Crippen molar-refractivity contribution in [1.29, 1.82) is 0 Å². The molecule has 0 bridgehead atoms. The molecule has 1 N–H and O–H groups in total. The largest absolute Gasteiger partial charge is 0.374 e. The van der Waals surface area contributed by atoms with Gasteiger partial charge in [0, 0.05) is 37.8 Å². The first kappa shape index (κ1) is 14.7. The van der Waals surface area contributed by atoms with Crippen LogP contribution in [0.2, 0.25) is 0 Å². The highest BCUT2D eigenvalue weighted by molar-refractivity contribution is 5.75. The van der Waals surface area contributed by atoms with Gasteiger partial charge >= 0.3 is 0 Å². The van der Waals surface area contributed by atoms with Crippen molar-refractivity contribution in [2.24, 2.45) is 0 Å². The van der Waals surface area contributed by atoms with Crippen molar-refractivity contribution in [3.8, 4) is 0 Å². The van der Waals surface area contributed by atoms with Crippen molar-refractivity contribution in [2.75, 3.05) is 31.6 Å². The third kappa shape index (κ3) is 3.25. The van der Waals surface area contributed by atoms with Gasteiger partial charge in [0.15, 0.2) is 11.6 Å². The van der Waals surface area contributed by atoms with Gasteiger partial charge < -0.3 is 10.1 Å². The highest BCUT2D eigenvalue weighted by atomic mass is 19.2. The van der Waals surface area contributed by atoms with Gasteiger partial charge in [0.25, 0.3) is 0 Å². The lowest BCUT2D eigenvalue weighted by atomic mass is 10.2. The van der Waals surface area contributed by atoms with E-state index in [1.54, 1.807) is 0 Å². The molecule has 1 aromatic carbocycles. The Morgan fingerprint density at radius 2 is 2.00 bits per heavy atom. The maximum Gasteiger partial charge on any atom is 0.161 e. The van der Waals surface area contributed by atoms with Crippen LogP contribution in [0.25, 0.3) is 11.0 Å². The van der Waals surface area contributed by atoms with Crippen LogP contribution in [0, 0.1) is 11.6 Å². The van der Waals surface area contributed by atoms with Crippen molar-refractivity contribution in [1.82, 2.24) is 14.9 Å². The summed E-state index contributed by atoms with van der Waals surface area (Å²) < 4.78 is 32.2. The molecule has 1 aromatic heterocycles. The molecule has 1 aliphatic heterocycles. The van der Waals surface area contributed by atoms with Crippen molar-refractivity contribution in [3.05, 3.63) is 30.0 Å². The third-order valence-electron chi connectivity index (χ3n) is 4.33. The van der Waals surface area contributed by atoms with Crippen LogP contribution in [0.1, 0.15) is 12.8 Å². The average Bonchev–Trinajstić information content (AvgIpc) is 3.39. The highest BCUT2D eigenvalue weighted by Crippen LogP contribution is 2.28. The molecule has 0 spiro atoms. The van der Waals surface area contributed by atoms with E-state index in [1.807, 2.05) is 0 Å². The van der Waals surface area contributed by atoms with Crippen molar-refractivity contribution in [2.45, 2.75) is 25.0 Å². The smallest absolute Gasteiger partial charge is 0.161 e. The minimum atomic E-state index is -0.917. The summed E-state index contributed by atoms with van der Waals surface area (Å²) in [7, 11) is 0. The summed E-state index contributed by atoms with van der Waals surface area (Å²) in [6.45, 7) is 3.28. The molecule has 2 aromatic rings. The number of hydrogen-bond donors (Lipinski definition) is 1. The van der Waals surface area contributed by atoms with Crippen LogP contribution in [0.5, 0.6) is 0 Å². The molecule has 23 heavy (non-hydrogen) atoms. The van der Waals surface area contributed by atoms with Gasteiger partial charge in [-0.15, -0.1) is 0 Å². The lowest BCUT2D eigenvalue weighted by Crippen LogP contribution is -2.46. The molecule has 0 amide bonds. The molecule has 1 saturated heterocycles. The maximum atomic E-state index is 13.3. The van der Waals surface area contributed by atoms with Crippen LogP contribution >= 0.6 is 0 Å². The maximum absolute atomic E-state index is 13.3. The minimum Gasteiger partial charge on any atom is -0.374 e. The van der Waals surface area contributed by atoms with E-state index in [4.69, 9.17) is 4.74 Å². The first-order chi connectivity index (χ1) is 11.2. The van der Waals surface area contributed by atoms with Crippen LogP contribution in [0.3, 0.4) is 0 Å². The van der Waals surface area contributed by atoms with Crippen LogP contribution < -0.4 is 5.32 Å². The highest BCUT2D eigenvalue weighted by Gasteiger charge is 2.32. The summed E-state index contributed by atoms with van der Waals surface area (Å²) in [6, 6.07) is 2.85. The monoisotopic (exact) mass is 320 g/mol. The van der Waals surface area contributed by atoms with E-state index >= 15 is 0 Å². The summed E-state index contributed by atoms with van der Waals surface area (Å²) in [6.07, 6.45) is 4.21. The number of benzene rings is 1. The molecule has 0 radical (unpaired) electrons. The molecule has 4 rings (SSSR count). The predicted octanol–water partition coefficient (Wildman–Crippen LogP) is 2.18. The number of ether oxygens (including phenoxy) is 1. The summed E-state index contributed by atoms with van der Waals surface area (Å²) >= 11 is 0. The fourth-order valence-corrected chi connectivity index (χ4v) is 2.95. The zero-order valence-corrected chi connectivity index (χ0v) is 12.6. The van der Waals surface area contributed by atoms with E-state index in [0.29, 0.717) is 23.4 Å². The molecule has 7 heteroatoms. The zero-order valence-electron chi connectivity index (χ0n) is 12.6. The Kier molecular flexibility index (Phi) is 3.82. The van der Waals surface area contributed by atoms with Gasteiger partial charge in [0.2, 0.25) is 0 Å². The quantitative estimate of drug-likeness (QED) is 0.936. The number of rotatable bonds is 4. The van der Waals surface area contributed by atoms with Gasteiger partial charge in [-0.05, 0) is 12.8 Å². The minimum absolute atomic E-state index is 0.104. The number of nitrogens with one attached hydrogen (secondary N) is 1.